The molecule has 0 bridgehead atoms. The number of nitrogens with zero attached hydrogens (tertiary/aromatic N) is 1. The quantitative estimate of drug-likeness (QED) is 0.612. The van der Waals surface area contributed by atoms with Crippen molar-refractivity contribution in [3.63, 3.8) is 0 Å². The lowest BCUT2D eigenvalue weighted by atomic mass is 9.96. The van der Waals surface area contributed by atoms with Crippen LogP contribution in [0.15, 0.2) is 48.5 Å². The zero-order valence-corrected chi connectivity index (χ0v) is 14.7. The van der Waals surface area contributed by atoms with Crippen LogP contribution in [-0.2, 0) is 0 Å². The number of ether oxygens (including phenoxy) is 1. The molecule has 0 aliphatic carbocycles. The van der Waals surface area contributed by atoms with Gasteiger partial charge in [0.2, 0.25) is 11.6 Å². The molecule has 0 saturated carbocycles. The van der Waals surface area contributed by atoms with Crippen molar-refractivity contribution in [2.75, 3.05) is 20.2 Å². The summed E-state index contributed by atoms with van der Waals surface area (Å²) in [6.45, 7) is 1.38. The Hall–Kier alpha value is -2.95. The maximum atomic E-state index is 12.8. The van der Waals surface area contributed by atoms with Crippen LogP contribution >= 0.6 is 0 Å². The van der Waals surface area contributed by atoms with E-state index in [4.69, 9.17) is 4.74 Å². The van der Waals surface area contributed by atoms with Crippen molar-refractivity contribution in [3.05, 3.63) is 65.2 Å². The first-order chi connectivity index (χ1) is 12.6. The van der Waals surface area contributed by atoms with Crippen LogP contribution in [0.25, 0.3) is 0 Å². The summed E-state index contributed by atoms with van der Waals surface area (Å²) in [4.78, 5) is 39.9. The summed E-state index contributed by atoms with van der Waals surface area (Å²) in [5.41, 5.74) is 0.723. The fourth-order valence-corrected chi connectivity index (χ4v) is 3.13. The number of hydrogen-bond donors (Lipinski definition) is 0. The molecule has 1 aliphatic heterocycles. The number of amides is 1. The minimum absolute atomic E-state index is 0.156. The third-order valence-electron chi connectivity index (χ3n) is 4.60. The number of Topliss-reactive ketones (excluding diaryl/α,β-unsaturated/α-hetero) is 2. The molecule has 3 rings (SSSR count). The Labute approximate surface area is 152 Å². The third kappa shape index (κ3) is 3.67. The van der Waals surface area contributed by atoms with E-state index in [1.54, 1.807) is 53.4 Å². The molecule has 134 valence electrons. The van der Waals surface area contributed by atoms with Crippen LogP contribution in [0.3, 0.4) is 0 Å². The van der Waals surface area contributed by atoms with Crippen molar-refractivity contribution in [3.8, 4) is 5.75 Å². The van der Waals surface area contributed by atoms with Gasteiger partial charge < -0.3 is 9.64 Å². The van der Waals surface area contributed by atoms with Crippen LogP contribution < -0.4 is 4.74 Å². The van der Waals surface area contributed by atoms with Crippen molar-refractivity contribution in [2.45, 2.75) is 19.3 Å². The Morgan fingerprint density at radius 2 is 1.42 bits per heavy atom. The highest BCUT2D eigenvalue weighted by Gasteiger charge is 2.26. The van der Waals surface area contributed by atoms with E-state index in [2.05, 4.69) is 0 Å². The van der Waals surface area contributed by atoms with Gasteiger partial charge in [0.25, 0.3) is 5.91 Å². The van der Waals surface area contributed by atoms with Gasteiger partial charge in [-0.15, -0.1) is 0 Å². The number of piperidine rings is 1. The number of ketones is 2. The monoisotopic (exact) mass is 351 g/mol. The molecule has 26 heavy (non-hydrogen) atoms. The molecule has 1 heterocycles. The Bertz CT molecular complexity index is 820. The Morgan fingerprint density at radius 1 is 0.808 bits per heavy atom. The lowest BCUT2D eigenvalue weighted by Crippen LogP contribution is -2.36. The molecule has 2 aromatic rings. The Kier molecular flexibility index (Phi) is 5.46. The number of likely N-dealkylation sites (tertiary alicyclic amines) is 1. The number of hydrogen-bond acceptors (Lipinski definition) is 4. The second-order valence-corrected chi connectivity index (χ2v) is 6.29. The van der Waals surface area contributed by atoms with Gasteiger partial charge in [-0.1, -0.05) is 18.2 Å². The van der Waals surface area contributed by atoms with E-state index in [9.17, 15) is 14.4 Å². The van der Waals surface area contributed by atoms with E-state index in [0.29, 0.717) is 24.4 Å². The summed E-state index contributed by atoms with van der Waals surface area (Å²) in [5, 5.41) is 0. The summed E-state index contributed by atoms with van der Waals surface area (Å²) in [7, 11) is 1.53. The smallest absolute Gasteiger partial charge is 0.254 e. The van der Waals surface area contributed by atoms with Gasteiger partial charge in [-0.3, -0.25) is 14.4 Å². The lowest BCUT2D eigenvalue weighted by molar-refractivity contribution is 0.0718. The second kappa shape index (κ2) is 7.95. The minimum atomic E-state index is -0.670. The molecule has 1 amide bonds. The summed E-state index contributed by atoms with van der Waals surface area (Å²) in [5.74, 6) is -0.881. The standard InChI is InChI=1S/C21H21NO4/c1-26-16-11-9-15(10-12-16)19(23)20(24)17-7-3-4-8-18(17)21(25)22-13-5-2-6-14-22/h3-4,7-12H,2,5-6,13-14H2,1H3. The molecule has 0 radical (unpaired) electrons. The van der Waals surface area contributed by atoms with E-state index in [1.807, 2.05) is 0 Å². The summed E-state index contributed by atoms with van der Waals surface area (Å²) >= 11 is 0. The van der Waals surface area contributed by atoms with Gasteiger partial charge in [0.15, 0.2) is 0 Å². The zero-order chi connectivity index (χ0) is 18.5. The maximum absolute atomic E-state index is 12.8. The predicted molar refractivity (Wildman–Crippen MR) is 97.9 cm³/mol. The Morgan fingerprint density at radius 3 is 2.04 bits per heavy atom. The Balaban J connectivity index is 1.87. The highest BCUT2D eigenvalue weighted by atomic mass is 16.5. The summed E-state index contributed by atoms with van der Waals surface area (Å²) in [6, 6.07) is 12.9. The van der Waals surface area contributed by atoms with Crippen LogP contribution in [-0.4, -0.2) is 42.6 Å². The molecule has 0 N–H and O–H groups in total. The molecule has 1 aliphatic rings. The third-order valence-corrected chi connectivity index (χ3v) is 4.60. The van der Waals surface area contributed by atoms with Crippen LogP contribution in [0.4, 0.5) is 0 Å². The second-order valence-electron chi connectivity index (χ2n) is 6.29. The fourth-order valence-electron chi connectivity index (χ4n) is 3.13. The number of rotatable bonds is 5. The highest BCUT2D eigenvalue weighted by molar-refractivity contribution is 6.50. The summed E-state index contributed by atoms with van der Waals surface area (Å²) < 4.78 is 5.07. The van der Waals surface area contributed by atoms with Gasteiger partial charge in [0.1, 0.15) is 5.75 Å². The lowest BCUT2D eigenvalue weighted by Gasteiger charge is -2.27. The molecular formula is C21H21NO4. The summed E-state index contributed by atoms with van der Waals surface area (Å²) in [6.07, 6.45) is 3.04. The normalized spacial score (nSPS) is 14.0. The van der Waals surface area contributed by atoms with Gasteiger partial charge in [-0.25, -0.2) is 0 Å². The molecule has 1 fully saturated rings. The van der Waals surface area contributed by atoms with E-state index < -0.39 is 11.6 Å². The molecule has 5 heteroatoms. The van der Waals surface area contributed by atoms with Gasteiger partial charge in [-0.05, 0) is 49.6 Å². The average Bonchev–Trinajstić information content (AvgIpc) is 2.73. The van der Waals surface area contributed by atoms with Gasteiger partial charge >= 0.3 is 0 Å². The topological polar surface area (TPSA) is 63.7 Å². The number of carbonyl (C=O) groups excluding carboxylic acids is 3. The molecule has 1 saturated heterocycles. The maximum Gasteiger partial charge on any atom is 0.254 e. The van der Waals surface area contributed by atoms with Crippen LogP contribution in [0.1, 0.15) is 50.3 Å². The van der Waals surface area contributed by atoms with Gasteiger partial charge in [0, 0.05) is 24.2 Å². The number of benzene rings is 2. The van der Waals surface area contributed by atoms with Crippen molar-refractivity contribution in [2.24, 2.45) is 0 Å². The van der Waals surface area contributed by atoms with Crippen molar-refractivity contribution < 1.29 is 19.1 Å². The van der Waals surface area contributed by atoms with Gasteiger partial charge in [0.05, 0.1) is 12.7 Å². The molecule has 0 spiro atoms. The van der Waals surface area contributed by atoms with E-state index in [0.717, 1.165) is 19.3 Å². The van der Waals surface area contributed by atoms with Crippen LogP contribution in [0, 0.1) is 0 Å². The average molecular weight is 351 g/mol. The first kappa shape index (κ1) is 17.9. The number of methoxy groups -OCH3 is 1. The van der Waals surface area contributed by atoms with Crippen LogP contribution in [0.2, 0.25) is 0 Å². The van der Waals surface area contributed by atoms with Gasteiger partial charge in [-0.2, -0.15) is 0 Å². The van der Waals surface area contributed by atoms with Crippen LogP contribution in [0.5, 0.6) is 5.75 Å². The molecular weight excluding hydrogens is 330 g/mol. The van der Waals surface area contributed by atoms with Crippen molar-refractivity contribution in [1.29, 1.82) is 0 Å². The van der Waals surface area contributed by atoms with E-state index in [-0.39, 0.29) is 17.0 Å². The highest BCUT2D eigenvalue weighted by Crippen LogP contribution is 2.19. The van der Waals surface area contributed by atoms with E-state index >= 15 is 0 Å². The molecule has 0 unspecified atom stereocenters. The van der Waals surface area contributed by atoms with Crippen molar-refractivity contribution in [1.82, 2.24) is 4.90 Å². The predicted octanol–water partition coefficient (Wildman–Crippen LogP) is 3.39. The zero-order valence-electron chi connectivity index (χ0n) is 14.7. The number of carbonyl (C=O) groups is 3. The molecule has 5 nitrogen and oxygen atoms in total. The van der Waals surface area contributed by atoms with E-state index in [1.165, 1.54) is 7.11 Å². The van der Waals surface area contributed by atoms with Crippen molar-refractivity contribution >= 4 is 17.5 Å². The first-order valence-electron chi connectivity index (χ1n) is 8.73. The first-order valence-corrected chi connectivity index (χ1v) is 8.73. The molecule has 0 atom stereocenters. The largest absolute Gasteiger partial charge is 0.497 e. The molecule has 0 aromatic heterocycles. The minimum Gasteiger partial charge on any atom is -0.497 e. The molecule has 2 aromatic carbocycles. The fraction of sp³-hybridized carbons (Fsp3) is 0.286. The SMILES string of the molecule is COc1ccc(C(=O)C(=O)c2ccccc2C(=O)N2CCCCC2)cc1.